The van der Waals surface area contributed by atoms with E-state index in [9.17, 15) is 4.79 Å². The van der Waals surface area contributed by atoms with Gasteiger partial charge in [0.1, 0.15) is 0 Å². The topological polar surface area (TPSA) is 17.1 Å². The molecule has 0 spiro atoms. The van der Waals surface area contributed by atoms with Crippen LogP contribution in [0, 0.1) is 0 Å². The highest BCUT2D eigenvalue weighted by molar-refractivity contribution is 6.28. The van der Waals surface area contributed by atoms with Crippen molar-refractivity contribution in [3.8, 4) is 22.3 Å². The number of carbonyl (C=O) groups is 1. The molecule has 0 heterocycles. The summed E-state index contributed by atoms with van der Waals surface area (Å²) in [6.45, 7) is 0. The molecule has 0 aliphatic heterocycles. The van der Waals surface area contributed by atoms with Crippen LogP contribution in [0.4, 0.5) is 0 Å². The Hall–Kier alpha value is -3.19. The first-order chi connectivity index (χ1) is 11.8. The molecule has 1 aliphatic carbocycles. The van der Waals surface area contributed by atoms with Gasteiger partial charge < -0.3 is 0 Å². The normalized spacial score (nSPS) is 12.2. The molecule has 0 fully saturated rings. The number of benzene rings is 4. The van der Waals surface area contributed by atoms with Crippen molar-refractivity contribution in [1.29, 1.82) is 0 Å². The van der Waals surface area contributed by atoms with Gasteiger partial charge in [-0.15, -0.1) is 0 Å². The average Bonchev–Trinajstić information content (AvgIpc) is 2.93. The van der Waals surface area contributed by atoms with Crippen molar-refractivity contribution in [1.82, 2.24) is 0 Å². The largest absolute Gasteiger partial charge is 0.289 e. The molecule has 5 rings (SSSR count). The molecule has 112 valence electrons. The molecule has 0 saturated heterocycles. The quantitative estimate of drug-likeness (QED) is 0.387. The molecule has 1 nitrogen and oxygen atoms in total. The minimum Gasteiger partial charge on any atom is -0.289 e. The molecule has 0 N–H and O–H groups in total. The zero-order chi connectivity index (χ0) is 16.1. The van der Waals surface area contributed by atoms with Gasteiger partial charge in [-0.05, 0) is 33.5 Å². The molecule has 0 radical (unpaired) electrons. The van der Waals surface area contributed by atoms with Gasteiger partial charge in [0.25, 0.3) is 0 Å². The number of fused-ring (bicyclic) bond motifs is 4. The second-order valence-electron chi connectivity index (χ2n) is 6.14. The lowest BCUT2D eigenvalue weighted by Gasteiger charge is -2.13. The van der Waals surface area contributed by atoms with E-state index in [2.05, 4.69) is 30.3 Å². The predicted octanol–water partition coefficient (Wildman–Crippen LogP) is 5.72. The second-order valence-corrected chi connectivity index (χ2v) is 6.14. The van der Waals surface area contributed by atoms with Crippen LogP contribution in [0.25, 0.3) is 33.0 Å². The van der Waals surface area contributed by atoms with E-state index in [1.54, 1.807) is 0 Å². The summed E-state index contributed by atoms with van der Waals surface area (Å²) in [5.74, 6) is 0.130. The minimum absolute atomic E-state index is 0.130. The van der Waals surface area contributed by atoms with Gasteiger partial charge in [-0.2, -0.15) is 0 Å². The molecule has 0 atom stereocenters. The SMILES string of the molecule is O=C1c2ccccc2-c2cc3ccccc3c(-c3ccccc3)c21. The summed E-state index contributed by atoms with van der Waals surface area (Å²) in [7, 11) is 0. The standard InChI is InChI=1S/C23H14O/c24-23-19-13-7-6-12-18(19)20-14-16-10-4-5-11-17(16)21(22(20)23)15-8-2-1-3-9-15/h1-14H. The molecular weight excluding hydrogens is 292 g/mol. The monoisotopic (exact) mass is 306 g/mol. The van der Waals surface area contributed by atoms with Gasteiger partial charge in [-0.1, -0.05) is 78.9 Å². The Labute approximate surface area is 140 Å². The lowest BCUT2D eigenvalue weighted by atomic mass is 9.89. The van der Waals surface area contributed by atoms with Crippen molar-refractivity contribution >= 4 is 16.6 Å². The van der Waals surface area contributed by atoms with Gasteiger partial charge >= 0.3 is 0 Å². The van der Waals surface area contributed by atoms with Crippen LogP contribution in [-0.4, -0.2) is 5.78 Å². The van der Waals surface area contributed by atoms with Crippen LogP contribution in [-0.2, 0) is 0 Å². The van der Waals surface area contributed by atoms with E-state index in [4.69, 9.17) is 0 Å². The van der Waals surface area contributed by atoms with Crippen LogP contribution in [0.2, 0.25) is 0 Å². The molecule has 0 aromatic heterocycles. The van der Waals surface area contributed by atoms with Crippen molar-refractivity contribution < 1.29 is 4.79 Å². The molecule has 4 aromatic carbocycles. The third-order valence-corrected chi connectivity index (χ3v) is 4.80. The lowest BCUT2D eigenvalue weighted by molar-refractivity contribution is 0.104. The first-order valence-corrected chi connectivity index (χ1v) is 8.10. The average molecular weight is 306 g/mol. The predicted molar refractivity (Wildman–Crippen MR) is 98.3 cm³/mol. The summed E-state index contributed by atoms with van der Waals surface area (Å²) in [5.41, 5.74) is 5.87. The van der Waals surface area contributed by atoms with E-state index in [1.807, 2.05) is 54.6 Å². The Morgan fingerprint density at radius 1 is 0.542 bits per heavy atom. The number of rotatable bonds is 1. The van der Waals surface area contributed by atoms with Crippen LogP contribution in [0.5, 0.6) is 0 Å². The Morgan fingerprint density at radius 2 is 1.21 bits per heavy atom. The summed E-state index contributed by atoms with van der Waals surface area (Å²) < 4.78 is 0. The summed E-state index contributed by atoms with van der Waals surface area (Å²) in [5, 5.41) is 2.29. The highest BCUT2D eigenvalue weighted by Gasteiger charge is 2.30. The molecule has 0 amide bonds. The molecule has 4 aromatic rings. The molecular formula is C23H14O. The van der Waals surface area contributed by atoms with E-state index < -0.39 is 0 Å². The number of ketones is 1. The van der Waals surface area contributed by atoms with Crippen LogP contribution in [0.15, 0.2) is 84.9 Å². The van der Waals surface area contributed by atoms with E-state index >= 15 is 0 Å². The van der Waals surface area contributed by atoms with E-state index in [0.29, 0.717) is 0 Å². The number of hydrogen-bond acceptors (Lipinski definition) is 1. The molecule has 1 heteroatoms. The highest BCUT2D eigenvalue weighted by atomic mass is 16.1. The summed E-state index contributed by atoms with van der Waals surface area (Å²) in [6, 6.07) is 28.6. The third kappa shape index (κ3) is 1.73. The third-order valence-electron chi connectivity index (χ3n) is 4.80. The van der Waals surface area contributed by atoms with Crippen molar-refractivity contribution in [3.63, 3.8) is 0 Å². The summed E-state index contributed by atoms with van der Waals surface area (Å²) in [6.07, 6.45) is 0. The lowest BCUT2D eigenvalue weighted by Crippen LogP contribution is -1.99. The first kappa shape index (κ1) is 13.3. The van der Waals surface area contributed by atoms with Crippen LogP contribution >= 0.6 is 0 Å². The molecule has 24 heavy (non-hydrogen) atoms. The maximum Gasteiger partial charge on any atom is 0.194 e. The Bertz CT molecular complexity index is 1110. The van der Waals surface area contributed by atoms with E-state index in [0.717, 1.165) is 38.8 Å². The van der Waals surface area contributed by atoms with E-state index in [1.165, 1.54) is 5.39 Å². The van der Waals surface area contributed by atoms with Gasteiger partial charge in [-0.3, -0.25) is 4.79 Å². The van der Waals surface area contributed by atoms with Crippen molar-refractivity contribution in [2.24, 2.45) is 0 Å². The van der Waals surface area contributed by atoms with Crippen LogP contribution < -0.4 is 0 Å². The zero-order valence-electron chi connectivity index (χ0n) is 13.0. The van der Waals surface area contributed by atoms with Crippen LogP contribution in [0.3, 0.4) is 0 Å². The summed E-state index contributed by atoms with van der Waals surface area (Å²) in [4.78, 5) is 13.1. The van der Waals surface area contributed by atoms with Crippen LogP contribution in [0.1, 0.15) is 15.9 Å². The Morgan fingerprint density at radius 3 is 2.04 bits per heavy atom. The fourth-order valence-electron chi connectivity index (χ4n) is 3.75. The van der Waals surface area contributed by atoms with Gasteiger partial charge in [0.15, 0.2) is 5.78 Å². The van der Waals surface area contributed by atoms with Gasteiger partial charge in [-0.25, -0.2) is 0 Å². The molecule has 0 bridgehead atoms. The first-order valence-electron chi connectivity index (χ1n) is 8.10. The zero-order valence-corrected chi connectivity index (χ0v) is 13.0. The fraction of sp³-hybridized carbons (Fsp3) is 0. The minimum atomic E-state index is 0.130. The molecule has 1 aliphatic rings. The Balaban J connectivity index is 1.98. The molecule has 0 saturated carbocycles. The van der Waals surface area contributed by atoms with Gasteiger partial charge in [0.2, 0.25) is 0 Å². The fourth-order valence-corrected chi connectivity index (χ4v) is 3.75. The number of hydrogen-bond donors (Lipinski definition) is 0. The second kappa shape index (κ2) is 4.90. The highest BCUT2D eigenvalue weighted by Crippen LogP contribution is 2.45. The van der Waals surface area contributed by atoms with Gasteiger partial charge in [0.05, 0.1) is 0 Å². The van der Waals surface area contributed by atoms with Crippen molar-refractivity contribution in [2.45, 2.75) is 0 Å². The Kier molecular flexibility index (Phi) is 2.71. The van der Waals surface area contributed by atoms with E-state index in [-0.39, 0.29) is 5.78 Å². The maximum absolute atomic E-state index is 13.1. The summed E-state index contributed by atoms with van der Waals surface area (Å²) >= 11 is 0. The maximum atomic E-state index is 13.1. The smallest absolute Gasteiger partial charge is 0.194 e. The van der Waals surface area contributed by atoms with Gasteiger partial charge in [0, 0.05) is 16.7 Å². The van der Waals surface area contributed by atoms with Crippen molar-refractivity contribution in [3.05, 3.63) is 96.1 Å². The van der Waals surface area contributed by atoms with Crippen molar-refractivity contribution in [2.75, 3.05) is 0 Å². The molecule has 0 unspecified atom stereocenters. The number of carbonyl (C=O) groups excluding carboxylic acids is 1.